The number of carbonyl (C=O) groups excluding carboxylic acids is 4. The number of nitrogens with one attached hydrogen (secondary N) is 4. The molecule has 6 aromatic rings. The summed E-state index contributed by atoms with van der Waals surface area (Å²) in [5, 5.41) is 37.2. The number of Topliss-reactive ketones (excluding diaryl/α,β-unsaturated/α-hetero) is 2. The molecule has 0 amide bonds. The zero-order chi connectivity index (χ0) is 52.9. The average Bonchev–Trinajstić information content (AvgIpc) is 3.40. The minimum absolute atomic E-state index is 0. The van der Waals surface area contributed by atoms with Gasteiger partial charge in [-0.1, -0.05) is 12.1 Å². The number of fused-ring (bicyclic) bond motifs is 2. The fraction of sp³-hybridized carbons (Fsp3) is 0.0800. The number of hydrogen-bond donors (Lipinski definition) is 4. The Hall–Kier alpha value is -5.36. The molecule has 378 valence electrons. The van der Waals surface area contributed by atoms with Gasteiger partial charge in [-0.15, -0.1) is 0 Å². The smallest absolute Gasteiger partial charge is 0.744 e. The van der Waals surface area contributed by atoms with Crippen LogP contribution in [0.15, 0.2) is 141 Å². The predicted octanol–water partition coefficient (Wildman–Crippen LogP) is -7.77. The maximum absolute atomic E-state index is 13.8. The number of ether oxygens (including phenoxy) is 4. The van der Waals surface area contributed by atoms with Gasteiger partial charge in [-0.2, -0.15) is 10.2 Å². The van der Waals surface area contributed by atoms with Crippen molar-refractivity contribution in [1.29, 1.82) is 0 Å². The number of rotatable bonds is 19. The molecule has 2 aliphatic carbocycles. The zero-order valence-corrected chi connectivity index (χ0v) is 52.0. The molecule has 6 aromatic carbocycles. The van der Waals surface area contributed by atoms with E-state index in [0.717, 1.165) is 12.2 Å². The summed E-state index contributed by atoms with van der Waals surface area (Å²) in [5.41, 5.74) is 5.95. The molecule has 0 fully saturated rings. The number of anilines is 6. The minimum Gasteiger partial charge on any atom is -0.744 e. The van der Waals surface area contributed by atoms with Gasteiger partial charge in [-0.3, -0.25) is 20.4 Å². The van der Waals surface area contributed by atoms with E-state index in [0.29, 0.717) is 34.2 Å². The Bertz CT molecular complexity index is 3420. The van der Waals surface area contributed by atoms with E-state index >= 15 is 0 Å². The van der Waals surface area contributed by atoms with Crippen molar-refractivity contribution >= 4 is 101 Å². The molecule has 2 aliphatic rings. The molecule has 8 rings (SSSR count). The van der Waals surface area contributed by atoms with Crippen molar-refractivity contribution in [2.75, 3.05) is 48.9 Å². The third kappa shape index (κ3) is 15.9. The van der Waals surface area contributed by atoms with Crippen molar-refractivity contribution in [1.82, 2.24) is 0 Å². The van der Waals surface area contributed by atoms with Crippen LogP contribution in [0.5, 0.6) is 23.0 Å². The summed E-state index contributed by atoms with van der Waals surface area (Å²) in [6.07, 6.45) is 1.98. The number of aliphatic carboxylic acids is 2. The summed E-state index contributed by atoms with van der Waals surface area (Å²) in [5.74, 6) is -4.49. The molecule has 0 spiro atoms. The third-order valence-electron chi connectivity index (χ3n) is 10.9. The standard InChI is InChI=1S/C50H40N6O16S2.4Na/c1-69-35-11-5-31(6-12-35)51-33-9-15-37-29(19-33)23-43(73(63,64)65)47(49(37)61)55-53-39-17-3-27(21-41(39)71-25-45(57)58)28-4-18-40(42(22-28)72-26-46(59)60)54-56-48-44(74(66,67)68)24-30-20-34(10-16-38(30)50(48)62)52-32-7-13-36(70-2)14-8-32;;;;/h3-24,51-54H,25-26H2,1-2H3,(H,57,58)(H,59,60)(H,63,64,65)(H,66,67,68);;;;/q;4*+1/p-4/b55-47-,56-48+;;;;. The van der Waals surface area contributed by atoms with E-state index in [1.54, 1.807) is 60.7 Å². The topological polar surface area (TPSA) is 339 Å². The number of carbonyl (C=O) groups is 4. The molecule has 0 heterocycles. The van der Waals surface area contributed by atoms with Crippen LogP contribution >= 0.6 is 0 Å². The average molecular weight is 1130 g/mol. The van der Waals surface area contributed by atoms with E-state index in [1.807, 2.05) is 0 Å². The molecule has 4 N–H and O–H groups in total. The van der Waals surface area contributed by atoms with Crippen LogP contribution < -0.4 is 169 Å². The van der Waals surface area contributed by atoms with Gasteiger partial charge in [-0.05, 0) is 144 Å². The van der Waals surface area contributed by atoms with Crippen molar-refractivity contribution in [3.63, 3.8) is 0 Å². The van der Waals surface area contributed by atoms with Crippen LogP contribution in [0.2, 0.25) is 0 Å². The fourth-order valence-electron chi connectivity index (χ4n) is 7.44. The Labute approximate surface area is 534 Å². The van der Waals surface area contributed by atoms with Gasteiger partial charge in [0.15, 0.2) is 0 Å². The second-order valence-corrected chi connectivity index (χ2v) is 18.5. The van der Waals surface area contributed by atoms with Crippen LogP contribution in [-0.2, 0) is 29.8 Å². The summed E-state index contributed by atoms with van der Waals surface area (Å²) >= 11 is 0. The Kier molecular flexibility index (Phi) is 23.5. The molecular formula is C50H36N6Na4O16S2. The van der Waals surface area contributed by atoms with Gasteiger partial charge in [0.1, 0.15) is 67.9 Å². The van der Waals surface area contributed by atoms with Gasteiger partial charge >= 0.3 is 118 Å². The number of carboxylic acids is 2. The number of methoxy groups -OCH3 is 2. The number of ketones is 2. The van der Waals surface area contributed by atoms with Crippen LogP contribution in [0, 0.1) is 0 Å². The first kappa shape index (κ1) is 65.2. The van der Waals surface area contributed by atoms with Crippen molar-refractivity contribution in [2.45, 2.75) is 0 Å². The number of hydrazone groups is 2. The molecule has 0 saturated heterocycles. The van der Waals surface area contributed by atoms with Gasteiger partial charge in [0.05, 0.1) is 47.3 Å². The Morgan fingerprint density at radius 3 is 1.17 bits per heavy atom. The normalized spacial score (nSPS) is 13.5. The summed E-state index contributed by atoms with van der Waals surface area (Å²) in [4.78, 5) is 48.7. The van der Waals surface area contributed by atoms with Gasteiger partial charge < -0.3 is 58.5 Å². The molecule has 0 radical (unpaired) electrons. The summed E-state index contributed by atoms with van der Waals surface area (Å²) in [7, 11) is -7.65. The van der Waals surface area contributed by atoms with E-state index in [9.17, 15) is 55.3 Å². The predicted molar refractivity (Wildman–Crippen MR) is 264 cm³/mol. The number of benzene rings is 6. The van der Waals surface area contributed by atoms with Crippen LogP contribution in [0.4, 0.5) is 34.1 Å². The molecule has 22 nitrogen and oxygen atoms in total. The van der Waals surface area contributed by atoms with Gasteiger partial charge in [0, 0.05) is 33.9 Å². The molecular weight excluding hydrogens is 1100 g/mol. The monoisotopic (exact) mass is 1130 g/mol. The molecule has 78 heavy (non-hydrogen) atoms. The first-order valence-electron chi connectivity index (χ1n) is 21.4. The van der Waals surface area contributed by atoms with Crippen LogP contribution in [0.1, 0.15) is 31.8 Å². The first-order chi connectivity index (χ1) is 35.3. The van der Waals surface area contributed by atoms with Gasteiger partial charge in [-0.25, -0.2) is 16.8 Å². The molecule has 0 unspecified atom stereocenters. The van der Waals surface area contributed by atoms with Crippen LogP contribution in [-0.4, -0.2) is 88.3 Å². The van der Waals surface area contributed by atoms with Crippen LogP contribution in [0.25, 0.3) is 23.3 Å². The quantitative estimate of drug-likeness (QED) is 0.0332. The molecule has 0 bridgehead atoms. The molecule has 28 heteroatoms. The molecule has 0 atom stereocenters. The molecule has 0 aromatic heterocycles. The summed E-state index contributed by atoms with van der Waals surface area (Å²) in [6, 6.07) is 30.6. The second-order valence-electron chi connectivity index (χ2n) is 15.8. The number of nitrogens with zero attached hydrogens (tertiary/aromatic N) is 2. The Morgan fingerprint density at radius 1 is 0.500 bits per heavy atom. The Balaban J connectivity index is 0.00000328. The SMILES string of the molecule is COc1ccc(Nc2ccc3c(c2)C=C(S(=O)(=O)[O-])/C(=N\Nc2ccc(-c4ccc(N/N=C5\C(=O)c6ccc(Nc7ccc(OC)cc7)cc6C=C5S(=O)(=O)[O-])c(OCC(=O)[O-])c4)cc2OCC(=O)[O-])C3=O)cc1.[Na+].[Na+].[Na+].[Na+]. The summed E-state index contributed by atoms with van der Waals surface area (Å²) in [6.45, 7) is -2.03. The molecule has 0 saturated carbocycles. The number of carboxylic acid groups (broad SMARTS) is 2. The van der Waals surface area contributed by atoms with E-state index in [4.69, 9.17) is 18.9 Å². The third-order valence-corrected chi connectivity index (χ3v) is 12.6. The van der Waals surface area contributed by atoms with Crippen LogP contribution in [0.3, 0.4) is 0 Å². The zero-order valence-electron chi connectivity index (χ0n) is 42.4. The van der Waals surface area contributed by atoms with Crippen molar-refractivity contribution in [3.05, 3.63) is 153 Å². The first-order valence-corrected chi connectivity index (χ1v) is 24.3. The van der Waals surface area contributed by atoms with E-state index in [-0.39, 0.29) is 174 Å². The van der Waals surface area contributed by atoms with E-state index in [1.165, 1.54) is 74.9 Å². The van der Waals surface area contributed by atoms with Gasteiger partial charge in [0.2, 0.25) is 11.6 Å². The van der Waals surface area contributed by atoms with Crippen molar-refractivity contribution < 1.29 is 193 Å². The maximum atomic E-state index is 13.8. The van der Waals surface area contributed by atoms with Gasteiger partial charge in [0.25, 0.3) is 0 Å². The number of allylic oxidation sites excluding steroid dienone is 2. The number of hydrogen-bond acceptors (Lipinski definition) is 22. The largest absolute Gasteiger partial charge is 1.00 e. The fourth-order valence-corrected chi connectivity index (χ4v) is 8.73. The van der Waals surface area contributed by atoms with E-state index in [2.05, 4.69) is 31.7 Å². The van der Waals surface area contributed by atoms with E-state index < -0.39 is 78.2 Å². The minimum atomic E-state index is -5.34. The molecule has 0 aliphatic heterocycles. The van der Waals surface area contributed by atoms with Crippen molar-refractivity contribution in [3.8, 4) is 34.1 Å². The Morgan fingerprint density at radius 2 is 0.846 bits per heavy atom. The summed E-state index contributed by atoms with van der Waals surface area (Å²) < 4.78 is 96.6. The maximum Gasteiger partial charge on any atom is 1.00 e. The van der Waals surface area contributed by atoms with Crippen molar-refractivity contribution in [2.24, 2.45) is 10.2 Å². The second kappa shape index (κ2) is 28.2.